The van der Waals surface area contributed by atoms with E-state index in [1.54, 1.807) is 6.07 Å². The first-order valence-corrected chi connectivity index (χ1v) is 11.0. The standard InChI is InChI=1S/C27H25N3O4/c31-24(32)16-15-22(29-27(34)23-17-20-13-7-8-14-21(20)28-23)26(33)30-25(18-9-3-1-4-10-18)19-11-5-2-6-12-19/h1-14,17,22,25,28H,15-16H2,(H,29,34)(H,30,33)(H,31,32). The number of nitrogens with one attached hydrogen (secondary N) is 3. The molecule has 0 saturated carbocycles. The molecule has 0 aliphatic heterocycles. The largest absolute Gasteiger partial charge is 0.481 e. The van der Waals surface area contributed by atoms with Crippen LogP contribution >= 0.6 is 0 Å². The van der Waals surface area contributed by atoms with Crippen molar-refractivity contribution in [1.29, 1.82) is 0 Å². The summed E-state index contributed by atoms with van der Waals surface area (Å²) < 4.78 is 0. The molecular weight excluding hydrogens is 430 g/mol. The Kier molecular flexibility index (Phi) is 7.03. The summed E-state index contributed by atoms with van der Waals surface area (Å²) in [6, 6.07) is 26.7. The van der Waals surface area contributed by atoms with Crippen LogP contribution in [0.25, 0.3) is 10.9 Å². The monoisotopic (exact) mass is 455 g/mol. The van der Waals surface area contributed by atoms with Gasteiger partial charge in [-0.25, -0.2) is 0 Å². The van der Waals surface area contributed by atoms with Crippen molar-refractivity contribution in [3.63, 3.8) is 0 Å². The van der Waals surface area contributed by atoms with Gasteiger partial charge in [-0.3, -0.25) is 14.4 Å². The van der Waals surface area contributed by atoms with Crippen LogP contribution in [0.3, 0.4) is 0 Å². The van der Waals surface area contributed by atoms with Crippen molar-refractivity contribution in [1.82, 2.24) is 15.6 Å². The number of aliphatic carboxylic acids is 1. The molecule has 1 heterocycles. The first-order valence-electron chi connectivity index (χ1n) is 11.0. The van der Waals surface area contributed by atoms with Crippen LogP contribution in [-0.4, -0.2) is 33.9 Å². The summed E-state index contributed by atoms with van der Waals surface area (Å²) in [5.74, 6) is -1.97. The minimum Gasteiger partial charge on any atom is -0.481 e. The minimum absolute atomic E-state index is 0.0383. The number of carboxylic acid groups (broad SMARTS) is 1. The molecule has 172 valence electrons. The fourth-order valence-corrected chi connectivity index (χ4v) is 3.86. The van der Waals surface area contributed by atoms with E-state index in [2.05, 4.69) is 15.6 Å². The predicted octanol–water partition coefficient (Wildman–Crippen LogP) is 4.04. The normalized spacial score (nSPS) is 11.8. The van der Waals surface area contributed by atoms with Crippen LogP contribution in [0, 0.1) is 0 Å². The molecule has 4 aromatic rings. The van der Waals surface area contributed by atoms with E-state index in [9.17, 15) is 19.5 Å². The molecule has 0 aliphatic carbocycles. The number of H-pyrrole nitrogens is 1. The molecule has 0 bridgehead atoms. The highest BCUT2D eigenvalue weighted by Crippen LogP contribution is 2.22. The molecule has 1 aromatic heterocycles. The van der Waals surface area contributed by atoms with E-state index in [0.717, 1.165) is 22.0 Å². The second kappa shape index (κ2) is 10.5. The summed E-state index contributed by atoms with van der Waals surface area (Å²) in [5.41, 5.74) is 2.85. The molecule has 4 rings (SSSR count). The van der Waals surface area contributed by atoms with Crippen LogP contribution < -0.4 is 10.6 Å². The molecule has 0 fully saturated rings. The van der Waals surface area contributed by atoms with E-state index < -0.39 is 29.9 Å². The summed E-state index contributed by atoms with van der Waals surface area (Å²) in [6.45, 7) is 0. The van der Waals surface area contributed by atoms with E-state index in [1.165, 1.54) is 0 Å². The van der Waals surface area contributed by atoms with Crippen molar-refractivity contribution in [2.24, 2.45) is 0 Å². The van der Waals surface area contributed by atoms with E-state index >= 15 is 0 Å². The Balaban J connectivity index is 1.57. The number of benzene rings is 3. The summed E-state index contributed by atoms with van der Waals surface area (Å²) in [7, 11) is 0. The third kappa shape index (κ3) is 5.50. The lowest BCUT2D eigenvalue weighted by Crippen LogP contribution is -2.48. The van der Waals surface area contributed by atoms with E-state index in [-0.39, 0.29) is 12.8 Å². The Morgan fingerprint density at radius 2 is 1.38 bits per heavy atom. The van der Waals surface area contributed by atoms with Gasteiger partial charge < -0.3 is 20.7 Å². The lowest BCUT2D eigenvalue weighted by molar-refractivity contribution is -0.137. The minimum atomic E-state index is -1.04. The van der Waals surface area contributed by atoms with Gasteiger partial charge in [-0.05, 0) is 29.7 Å². The average molecular weight is 456 g/mol. The Morgan fingerprint density at radius 3 is 1.97 bits per heavy atom. The molecule has 4 N–H and O–H groups in total. The first kappa shape index (κ1) is 22.8. The van der Waals surface area contributed by atoms with Gasteiger partial charge in [0.25, 0.3) is 5.91 Å². The number of carbonyl (C=O) groups excluding carboxylic acids is 2. The molecule has 0 radical (unpaired) electrons. The van der Waals surface area contributed by atoms with Gasteiger partial charge in [0, 0.05) is 17.3 Å². The number of aromatic amines is 1. The third-order valence-electron chi connectivity index (χ3n) is 5.60. The van der Waals surface area contributed by atoms with Gasteiger partial charge in [0.05, 0.1) is 6.04 Å². The highest BCUT2D eigenvalue weighted by atomic mass is 16.4. The Morgan fingerprint density at radius 1 is 0.794 bits per heavy atom. The Hall–Kier alpha value is -4.39. The van der Waals surface area contributed by atoms with Crippen molar-refractivity contribution in [3.05, 3.63) is 108 Å². The Bertz CT molecular complexity index is 1210. The van der Waals surface area contributed by atoms with Crippen LogP contribution in [0.1, 0.15) is 40.5 Å². The lowest BCUT2D eigenvalue weighted by Gasteiger charge is -2.24. The quantitative estimate of drug-likeness (QED) is 0.305. The number of aromatic nitrogens is 1. The maximum absolute atomic E-state index is 13.3. The molecule has 7 heteroatoms. The molecule has 0 spiro atoms. The molecule has 1 atom stereocenters. The van der Waals surface area contributed by atoms with Crippen LogP contribution in [0.15, 0.2) is 91.0 Å². The SMILES string of the molecule is O=C(O)CCC(NC(=O)c1cc2ccccc2[nH]1)C(=O)NC(c1ccccc1)c1ccccc1. The van der Waals surface area contributed by atoms with Gasteiger partial charge in [0.1, 0.15) is 11.7 Å². The van der Waals surface area contributed by atoms with Gasteiger partial charge in [-0.2, -0.15) is 0 Å². The van der Waals surface area contributed by atoms with Crippen LogP contribution in [0.5, 0.6) is 0 Å². The zero-order valence-electron chi connectivity index (χ0n) is 18.4. The maximum atomic E-state index is 13.3. The highest BCUT2D eigenvalue weighted by molar-refractivity contribution is 6.00. The number of para-hydroxylation sites is 1. The van der Waals surface area contributed by atoms with Gasteiger partial charge >= 0.3 is 5.97 Å². The van der Waals surface area contributed by atoms with E-state index in [4.69, 9.17) is 0 Å². The Labute approximate surface area is 196 Å². The van der Waals surface area contributed by atoms with Crippen molar-refractivity contribution >= 4 is 28.7 Å². The number of hydrogen-bond acceptors (Lipinski definition) is 3. The second-order valence-corrected chi connectivity index (χ2v) is 7.99. The summed E-state index contributed by atoms with van der Waals surface area (Å²) >= 11 is 0. The fourth-order valence-electron chi connectivity index (χ4n) is 3.86. The van der Waals surface area contributed by atoms with Gasteiger partial charge in [0.2, 0.25) is 5.91 Å². The van der Waals surface area contributed by atoms with Gasteiger partial charge in [-0.15, -0.1) is 0 Å². The van der Waals surface area contributed by atoms with E-state index in [1.807, 2.05) is 84.9 Å². The van der Waals surface area contributed by atoms with Gasteiger partial charge in [-0.1, -0.05) is 78.9 Å². The zero-order chi connectivity index (χ0) is 23.9. The number of fused-ring (bicyclic) bond motifs is 1. The third-order valence-corrected chi connectivity index (χ3v) is 5.60. The zero-order valence-corrected chi connectivity index (χ0v) is 18.4. The van der Waals surface area contributed by atoms with Crippen molar-refractivity contribution < 1.29 is 19.5 Å². The number of carboxylic acids is 1. The second-order valence-electron chi connectivity index (χ2n) is 7.99. The fraction of sp³-hybridized carbons (Fsp3) is 0.148. The van der Waals surface area contributed by atoms with Crippen molar-refractivity contribution in [2.75, 3.05) is 0 Å². The maximum Gasteiger partial charge on any atom is 0.303 e. The lowest BCUT2D eigenvalue weighted by atomic mass is 9.98. The number of hydrogen-bond donors (Lipinski definition) is 4. The number of rotatable bonds is 9. The predicted molar refractivity (Wildman–Crippen MR) is 129 cm³/mol. The molecule has 1 unspecified atom stereocenters. The molecule has 0 saturated heterocycles. The first-order chi connectivity index (χ1) is 16.5. The molecule has 7 nitrogen and oxygen atoms in total. The number of carbonyl (C=O) groups is 3. The van der Waals surface area contributed by atoms with Crippen LogP contribution in [-0.2, 0) is 9.59 Å². The molecule has 0 aliphatic rings. The van der Waals surface area contributed by atoms with Crippen LogP contribution in [0.2, 0.25) is 0 Å². The highest BCUT2D eigenvalue weighted by Gasteiger charge is 2.26. The van der Waals surface area contributed by atoms with Gasteiger partial charge in [0.15, 0.2) is 0 Å². The smallest absolute Gasteiger partial charge is 0.303 e. The molecule has 3 aromatic carbocycles. The topological polar surface area (TPSA) is 111 Å². The summed E-state index contributed by atoms with van der Waals surface area (Å²) in [4.78, 5) is 40.5. The number of amides is 2. The molecule has 34 heavy (non-hydrogen) atoms. The van der Waals surface area contributed by atoms with E-state index in [0.29, 0.717) is 5.69 Å². The van der Waals surface area contributed by atoms with Crippen LogP contribution in [0.4, 0.5) is 0 Å². The molecular formula is C27H25N3O4. The van der Waals surface area contributed by atoms with Crippen molar-refractivity contribution in [2.45, 2.75) is 24.9 Å². The summed E-state index contributed by atoms with van der Waals surface area (Å²) in [5, 5.41) is 15.8. The average Bonchev–Trinajstić information content (AvgIpc) is 3.30. The molecule has 2 amide bonds. The van der Waals surface area contributed by atoms with Crippen molar-refractivity contribution in [3.8, 4) is 0 Å². The summed E-state index contributed by atoms with van der Waals surface area (Å²) in [6.07, 6.45) is -0.296.